The van der Waals surface area contributed by atoms with Crippen molar-refractivity contribution >= 4 is 81.8 Å². The number of hydrogen-bond acceptors (Lipinski definition) is 5. The van der Waals surface area contributed by atoms with Crippen LogP contribution in [-0.4, -0.2) is 37.7 Å². The minimum atomic E-state index is -1.87. The first kappa shape index (κ1) is 17.5. The topological polar surface area (TPSA) is 46.4 Å². The number of rotatable bonds is 1. The van der Waals surface area contributed by atoms with Crippen molar-refractivity contribution in [1.29, 1.82) is 0 Å². The highest BCUT2D eigenvalue weighted by Crippen LogP contribution is 2.42. The van der Waals surface area contributed by atoms with Crippen molar-refractivity contribution in [2.75, 3.05) is 6.79 Å². The maximum absolute atomic E-state index is 5.96. The molecule has 2 aliphatic heterocycles. The Hall–Kier alpha value is -0.300. The predicted molar refractivity (Wildman–Crippen MR) is 93.8 cm³/mol. The second-order valence-electron chi connectivity index (χ2n) is 4.56. The maximum Gasteiger partial charge on any atom is 0.270 e. The van der Waals surface area contributed by atoms with Gasteiger partial charge in [0.2, 0.25) is 10.6 Å². The van der Waals surface area contributed by atoms with Gasteiger partial charge in [-0.1, -0.05) is 69.6 Å². The van der Waals surface area contributed by atoms with E-state index in [1.807, 2.05) is 0 Å². The van der Waals surface area contributed by atoms with Gasteiger partial charge in [-0.15, -0.1) is 0 Å². The first-order valence-corrected chi connectivity index (χ1v) is 8.37. The van der Waals surface area contributed by atoms with Crippen LogP contribution in [0.1, 0.15) is 5.56 Å². The minimum absolute atomic E-state index is 0.159. The van der Waals surface area contributed by atoms with Crippen LogP contribution in [0.5, 0.6) is 11.5 Å². The lowest BCUT2D eigenvalue weighted by Gasteiger charge is -2.38. The lowest BCUT2D eigenvalue weighted by molar-refractivity contribution is 0.174. The van der Waals surface area contributed by atoms with Crippen molar-refractivity contribution in [3.8, 4) is 11.5 Å². The van der Waals surface area contributed by atoms with Gasteiger partial charge in [0.25, 0.3) is 3.92 Å². The summed E-state index contributed by atoms with van der Waals surface area (Å²) in [5.41, 5.74) is 0.647. The number of halogens is 6. The molecule has 5 nitrogen and oxygen atoms in total. The van der Waals surface area contributed by atoms with Crippen molar-refractivity contribution in [2.45, 2.75) is 13.9 Å². The third-order valence-electron chi connectivity index (χ3n) is 3.03. The van der Waals surface area contributed by atoms with Crippen LogP contribution >= 0.6 is 69.6 Å². The predicted octanol–water partition coefficient (Wildman–Crippen LogP) is 4.53. The van der Waals surface area contributed by atoms with E-state index in [1.54, 1.807) is 18.2 Å². The average Bonchev–Trinajstić information content (AvgIpc) is 2.92. The molecule has 2 aliphatic rings. The number of amidine groups is 1. The zero-order valence-electron chi connectivity index (χ0n) is 11.0. The number of benzene rings is 1. The molecule has 2 heterocycles. The molecular weight excluding hydrogens is 431 g/mol. The SMILES string of the molecule is ClC(Cl)(Cl)C1N=C(c2ccc3c(c2)OCO3)N=CN1C(Cl)(Cl)Cl. The lowest BCUT2D eigenvalue weighted by Crippen LogP contribution is -2.50. The maximum atomic E-state index is 5.96. The van der Waals surface area contributed by atoms with E-state index in [0.717, 1.165) is 4.90 Å². The van der Waals surface area contributed by atoms with Crippen LogP contribution < -0.4 is 9.47 Å². The number of ether oxygens (including phenoxy) is 2. The van der Waals surface area contributed by atoms with Gasteiger partial charge in [0, 0.05) is 5.56 Å². The molecule has 0 amide bonds. The highest BCUT2D eigenvalue weighted by molar-refractivity contribution is 6.69. The van der Waals surface area contributed by atoms with Gasteiger partial charge in [0.15, 0.2) is 23.5 Å². The molecule has 0 aromatic heterocycles. The van der Waals surface area contributed by atoms with E-state index in [2.05, 4.69) is 9.98 Å². The van der Waals surface area contributed by atoms with Gasteiger partial charge in [-0.3, -0.25) is 4.90 Å². The molecule has 1 aromatic carbocycles. The Balaban J connectivity index is 1.98. The van der Waals surface area contributed by atoms with Gasteiger partial charge in [-0.2, -0.15) is 0 Å². The highest BCUT2D eigenvalue weighted by Gasteiger charge is 2.45. The summed E-state index contributed by atoms with van der Waals surface area (Å²) < 4.78 is 6.86. The quantitative estimate of drug-likeness (QED) is 0.479. The van der Waals surface area contributed by atoms with Crippen LogP contribution in [0.15, 0.2) is 28.2 Å². The summed E-state index contributed by atoms with van der Waals surface area (Å²) in [5, 5.41) is 0. The number of alkyl halides is 6. The van der Waals surface area contributed by atoms with Crippen LogP contribution in [0.4, 0.5) is 0 Å². The molecule has 0 bridgehead atoms. The number of fused-ring (bicyclic) bond motifs is 1. The fourth-order valence-electron chi connectivity index (χ4n) is 2.01. The number of hydrogen-bond donors (Lipinski definition) is 0. The summed E-state index contributed by atoms with van der Waals surface area (Å²) in [6, 6.07) is 5.21. The molecule has 1 atom stereocenters. The van der Waals surface area contributed by atoms with Crippen molar-refractivity contribution < 1.29 is 9.47 Å². The lowest BCUT2D eigenvalue weighted by atomic mass is 10.2. The van der Waals surface area contributed by atoms with E-state index in [4.69, 9.17) is 79.1 Å². The van der Waals surface area contributed by atoms with Gasteiger partial charge in [0.05, 0.1) is 6.34 Å². The second kappa shape index (κ2) is 6.21. The van der Waals surface area contributed by atoms with Crippen LogP contribution in [0.3, 0.4) is 0 Å². The van der Waals surface area contributed by atoms with E-state index in [1.165, 1.54) is 6.34 Å². The summed E-state index contributed by atoms with van der Waals surface area (Å²) in [7, 11) is 0. The third kappa shape index (κ3) is 3.70. The molecule has 0 radical (unpaired) electrons. The molecule has 1 unspecified atom stereocenters. The summed E-state index contributed by atoms with van der Waals surface area (Å²) in [4.78, 5) is 9.58. The van der Waals surface area contributed by atoms with E-state index in [9.17, 15) is 0 Å². The molecule has 0 fully saturated rings. The minimum Gasteiger partial charge on any atom is -0.454 e. The van der Waals surface area contributed by atoms with Crippen LogP contribution in [0, 0.1) is 0 Å². The number of aliphatic imine (C=N–C) groups is 2. The first-order chi connectivity index (χ1) is 10.7. The molecule has 0 spiro atoms. The van der Waals surface area contributed by atoms with Crippen LogP contribution in [0.2, 0.25) is 0 Å². The molecule has 124 valence electrons. The van der Waals surface area contributed by atoms with Crippen molar-refractivity contribution in [3.05, 3.63) is 23.8 Å². The van der Waals surface area contributed by atoms with E-state index in [-0.39, 0.29) is 6.79 Å². The Morgan fingerprint density at radius 1 is 1.04 bits per heavy atom. The fourth-order valence-corrected chi connectivity index (χ4v) is 2.88. The van der Waals surface area contributed by atoms with Gasteiger partial charge in [0.1, 0.15) is 0 Å². The Morgan fingerprint density at radius 3 is 2.39 bits per heavy atom. The number of nitrogens with zero attached hydrogens (tertiary/aromatic N) is 3. The molecule has 0 aliphatic carbocycles. The fraction of sp³-hybridized carbons (Fsp3) is 0.333. The normalized spacial score (nSPS) is 20.7. The second-order valence-corrected chi connectivity index (χ2v) is 9.15. The molecule has 23 heavy (non-hydrogen) atoms. The average molecular weight is 438 g/mol. The Bertz CT molecular complexity index is 682. The van der Waals surface area contributed by atoms with Gasteiger partial charge in [-0.05, 0) is 18.2 Å². The van der Waals surface area contributed by atoms with Crippen molar-refractivity contribution in [1.82, 2.24) is 4.90 Å². The monoisotopic (exact) mass is 435 g/mol. The Morgan fingerprint density at radius 2 is 1.74 bits per heavy atom. The Kier molecular flexibility index (Phi) is 4.73. The van der Waals surface area contributed by atoms with Crippen molar-refractivity contribution in [2.24, 2.45) is 9.98 Å². The summed E-state index contributed by atoms with van der Waals surface area (Å²) in [6.07, 6.45) is 0.199. The van der Waals surface area contributed by atoms with E-state index >= 15 is 0 Å². The molecule has 0 saturated heterocycles. The van der Waals surface area contributed by atoms with E-state index in [0.29, 0.717) is 22.9 Å². The van der Waals surface area contributed by atoms with Gasteiger partial charge >= 0.3 is 0 Å². The summed E-state index contributed by atoms with van der Waals surface area (Å²) in [5.74, 6) is 1.52. The molecule has 0 N–H and O–H groups in total. The molecule has 1 aromatic rings. The standard InChI is InChI=1S/C12H7Cl6N3O2/c13-11(14,15)10-20-9(19-4-21(10)12(16,17)18)6-1-2-7-8(3-6)23-5-22-7/h1-4,10H,5H2. The smallest absolute Gasteiger partial charge is 0.270 e. The summed E-state index contributed by atoms with van der Waals surface area (Å²) in [6.45, 7) is 0.159. The molecule has 11 heteroatoms. The highest BCUT2D eigenvalue weighted by atomic mass is 35.6. The van der Waals surface area contributed by atoms with Crippen molar-refractivity contribution in [3.63, 3.8) is 0 Å². The van der Waals surface area contributed by atoms with E-state index < -0.39 is 13.9 Å². The molecule has 3 rings (SSSR count). The zero-order chi connectivity index (χ0) is 16.8. The van der Waals surface area contributed by atoms with Gasteiger partial charge in [-0.25, -0.2) is 9.98 Å². The molecular formula is C12H7Cl6N3O2. The summed E-state index contributed by atoms with van der Waals surface area (Å²) >= 11 is 35.5. The Labute approximate surface area is 161 Å². The van der Waals surface area contributed by atoms with Crippen LogP contribution in [-0.2, 0) is 0 Å². The third-order valence-corrected chi connectivity index (χ3v) is 4.20. The van der Waals surface area contributed by atoms with Crippen LogP contribution in [0.25, 0.3) is 0 Å². The zero-order valence-corrected chi connectivity index (χ0v) is 15.6. The van der Waals surface area contributed by atoms with Gasteiger partial charge < -0.3 is 9.47 Å². The molecule has 0 saturated carbocycles. The largest absolute Gasteiger partial charge is 0.454 e. The first-order valence-electron chi connectivity index (χ1n) is 6.10.